The minimum atomic E-state index is -0.249. The van der Waals surface area contributed by atoms with E-state index < -0.39 is 0 Å². The molecule has 2 aromatic carbocycles. The maximum atomic E-state index is 12.0. The fourth-order valence-corrected chi connectivity index (χ4v) is 2.95. The lowest BCUT2D eigenvalue weighted by atomic mass is 10.1. The van der Waals surface area contributed by atoms with Crippen molar-refractivity contribution in [3.63, 3.8) is 0 Å². The Kier molecular flexibility index (Phi) is 5.08. The minimum Gasteiger partial charge on any atom is -0.454 e. The third-order valence-electron chi connectivity index (χ3n) is 3.85. The lowest BCUT2D eigenvalue weighted by Gasteiger charge is -2.07. The molecule has 0 unspecified atom stereocenters. The number of carbonyl (C=O) groups is 1. The van der Waals surface area contributed by atoms with E-state index in [0.29, 0.717) is 28.6 Å². The molecule has 138 valence electrons. The molecule has 0 spiro atoms. The van der Waals surface area contributed by atoms with Gasteiger partial charge in [-0.15, -0.1) is 0 Å². The Morgan fingerprint density at radius 1 is 1.15 bits per heavy atom. The Morgan fingerprint density at radius 3 is 2.89 bits per heavy atom. The number of carbonyl (C=O) groups excluding carboxylic acids is 1. The molecule has 0 bridgehead atoms. The second kappa shape index (κ2) is 7.81. The molecule has 0 radical (unpaired) electrons. The van der Waals surface area contributed by atoms with Crippen LogP contribution in [0.5, 0.6) is 11.5 Å². The van der Waals surface area contributed by atoms with Gasteiger partial charge in [-0.1, -0.05) is 17.3 Å². The number of amides is 1. The van der Waals surface area contributed by atoms with E-state index in [2.05, 4.69) is 26.4 Å². The van der Waals surface area contributed by atoms with Crippen LogP contribution in [0.1, 0.15) is 5.69 Å². The molecule has 1 aliphatic heterocycles. The van der Waals surface area contributed by atoms with Crippen LogP contribution in [-0.2, 0) is 16.1 Å². The van der Waals surface area contributed by atoms with Gasteiger partial charge in [0.1, 0.15) is 12.3 Å². The summed E-state index contributed by atoms with van der Waals surface area (Å²) in [5.41, 5.74) is 2.11. The van der Waals surface area contributed by atoms with Gasteiger partial charge in [0.15, 0.2) is 17.3 Å². The number of nitrogens with zero attached hydrogens (tertiary/aromatic N) is 1. The number of para-hydroxylation sites is 1. The predicted octanol–water partition coefficient (Wildman–Crippen LogP) is 3.99. The lowest BCUT2D eigenvalue weighted by molar-refractivity contribution is -0.121. The number of halogens is 1. The maximum absolute atomic E-state index is 12.0. The number of fused-ring (bicyclic) bond motifs is 1. The van der Waals surface area contributed by atoms with Crippen LogP contribution in [0.25, 0.3) is 11.3 Å². The highest BCUT2D eigenvalue weighted by atomic mass is 79.9. The molecule has 1 amide bonds. The van der Waals surface area contributed by atoms with Crippen LogP contribution >= 0.6 is 15.9 Å². The molecule has 0 fully saturated rings. The summed E-state index contributed by atoms with van der Waals surface area (Å²) in [5, 5.41) is 6.74. The van der Waals surface area contributed by atoms with Crippen LogP contribution < -0.4 is 14.8 Å². The molecule has 27 heavy (non-hydrogen) atoms. The van der Waals surface area contributed by atoms with Crippen molar-refractivity contribution in [2.24, 2.45) is 0 Å². The third kappa shape index (κ3) is 4.12. The van der Waals surface area contributed by atoms with E-state index >= 15 is 0 Å². The van der Waals surface area contributed by atoms with Gasteiger partial charge in [-0.3, -0.25) is 4.79 Å². The summed E-state index contributed by atoms with van der Waals surface area (Å²) in [5.74, 6) is 1.72. The van der Waals surface area contributed by atoms with Crippen LogP contribution in [-0.4, -0.2) is 24.5 Å². The normalized spacial score (nSPS) is 12.2. The number of rotatable bonds is 6. The second-order valence-corrected chi connectivity index (χ2v) is 6.63. The van der Waals surface area contributed by atoms with Gasteiger partial charge >= 0.3 is 0 Å². The molecule has 4 rings (SSSR count). The minimum absolute atomic E-state index is 0.0897. The zero-order valence-corrected chi connectivity index (χ0v) is 15.7. The summed E-state index contributed by atoms with van der Waals surface area (Å²) in [6.45, 7) is 0.293. The molecule has 7 nitrogen and oxygen atoms in total. The molecule has 8 heteroatoms. The zero-order valence-electron chi connectivity index (χ0n) is 14.1. The topological polar surface area (TPSA) is 82.8 Å². The summed E-state index contributed by atoms with van der Waals surface area (Å²) in [6.07, 6.45) is 0. The molecule has 0 saturated heterocycles. The van der Waals surface area contributed by atoms with Crippen LogP contribution in [0, 0.1) is 0 Å². The Labute approximate surface area is 163 Å². The van der Waals surface area contributed by atoms with Crippen molar-refractivity contribution in [3.05, 3.63) is 58.7 Å². The summed E-state index contributed by atoms with van der Waals surface area (Å²) in [7, 11) is 0. The molecule has 0 aliphatic carbocycles. The first kappa shape index (κ1) is 17.6. The van der Waals surface area contributed by atoms with E-state index in [0.717, 1.165) is 10.0 Å². The van der Waals surface area contributed by atoms with Gasteiger partial charge in [0.25, 0.3) is 0 Å². The van der Waals surface area contributed by atoms with Gasteiger partial charge in [0.05, 0.1) is 12.3 Å². The average molecular weight is 431 g/mol. The van der Waals surface area contributed by atoms with Gasteiger partial charge in [-0.2, -0.15) is 0 Å². The number of nitrogens with one attached hydrogen (secondary N) is 1. The first-order valence-electron chi connectivity index (χ1n) is 8.17. The van der Waals surface area contributed by atoms with Gasteiger partial charge in [0.2, 0.25) is 12.7 Å². The largest absolute Gasteiger partial charge is 0.454 e. The molecule has 2 heterocycles. The molecular weight excluding hydrogens is 416 g/mol. The van der Waals surface area contributed by atoms with E-state index in [9.17, 15) is 4.79 Å². The Bertz CT molecular complexity index is 972. The van der Waals surface area contributed by atoms with Crippen molar-refractivity contribution in [1.29, 1.82) is 0 Å². The zero-order chi connectivity index (χ0) is 18.6. The van der Waals surface area contributed by atoms with E-state index in [1.54, 1.807) is 12.1 Å². The second-order valence-electron chi connectivity index (χ2n) is 5.77. The number of ether oxygens (including phenoxy) is 3. The van der Waals surface area contributed by atoms with E-state index in [4.69, 9.17) is 18.7 Å². The van der Waals surface area contributed by atoms with Crippen molar-refractivity contribution < 1.29 is 23.5 Å². The summed E-state index contributed by atoms with van der Waals surface area (Å²) < 4.78 is 22.2. The molecule has 1 aromatic heterocycles. The first-order chi connectivity index (χ1) is 13.2. The van der Waals surface area contributed by atoms with Crippen molar-refractivity contribution in [1.82, 2.24) is 5.16 Å². The Hall–Kier alpha value is -2.84. The van der Waals surface area contributed by atoms with E-state index in [1.807, 2.05) is 36.4 Å². The van der Waals surface area contributed by atoms with Crippen molar-refractivity contribution in [2.75, 3.05) is 18.7 Å². The standard InChI is InChI=1S/C19H15BrN2O5/c20-14-3-1-2-4-15(14)21-19(23)10-24-9-13-8-17(27-22-13)12-5-6-16-18(7-12)26-11-25-16/h1-8H,9-11H2,(H,21,23). The quantitative estimate of drug-likeness (QED) is 0.636. The Morgan fingerprint density at radius 2 is 2.00 bits per heavy atom. The molecule has 0 saturated carbocycles. The van der Waals surface area contributed by atoms with Crippen LogP contribution in [0.2, 0.25) is 0 Å². The smallest absolute Gasteiger partial charge is 0.250 e. The number of hydrogen-bond donors (Lipinski definition) is 1. The number of aromatic nitrogens is 1. The molecular formula is C19H15BrN2O5. The summed E-state index contributed by atoms with van der Waals surface area (Å²) in [4.78, 5) is 12.0. The fraction of sp³-hybridized carbons (Fsp3) is 0.158. The van der Waals surface area contributed by atoms with E-state index in [-0.39, 0.29) is 25.9 Å². The molecule has 3 aromatic rings. The van der Waals surface area contributed by atoms with Crippen molar-refractivity contribution in [2.45, 2.75) is 6.61 Å². The van der Waals surface area contributed by atoms with Crippen LogP contribution in [0.3, 0.4) is 0 Å². The highest BCUT2D eigenvalue weighted by Crippen LogP contribution is 2.36. The van der Waals surface area contributed by atoms with Crippen molar-refractivity contribution >= 4 is 27.5 Å². The SMILES string of the molecule is O=C(COCc1cc(-c2ccc3c(c2)OCO3)on1)Nc1ccccc1Br. The fourth-order valence-electron chi connectivity index (χ4n) is 2.56. The highest BCUT2D eigenvalue weighted by Gasteiger charge is 2.16. The van der Waals surface area contributed by atoms with Gasteiger partial charge in [-0.25, -0.2) is 0 Å². The summed E-state index contributed by atoms with van der Waals surface area (Å²) in [6, 6.07) is 14.7. The summed E-state index contributed by atoms with van der Waals surface area (Å²) >= 11 is 3.38. The predicted molar refractivity (Wildman–Crippen MR) is 100 cm³/mol. The van der Waals surface area contributed by atoms with Gasteiger partial charge < -0.3 is 24.1 Å². The average Bonchev–Trinajstić information content (AvgIpc) is 3.32. The number of hydrogen-bond acceptors (Lipinski definition) is 6. The Balaban J connectivity index is 1.31. The monoisotopic (exact) mass is 430 g/mol. The molecule has 1 aliphatic rings. The first-order valence-corrected chi connectivity index (χ1v) is 8.96. The van der Waals surface area contributed by atoms with Crippen molar-refractivity contribution in [3.8, 4) is 22.8 Å². The van der Waals surface area contributed by atoms with Crippen LogP contribution in [0.4, 0.5) is 5.69 Å². The molecule has 0 atom stereocenters. The number of benzene rings is 2. The molecule has 1 N–H and O–H groups in total. The maximum Gasteiger partial charge on any atom is 0.250 e. The van der Waals surface area contributed by atoms with Crippen LogP contribution in [0.15, 0.2) is 57.5 Å². The van der Waals surface area contributed by atoms with Gasteiger partial charge in [0, 0.05) is 16.1 Å². The van der Waals surface area contributed by atoms with Gasteiger partial charge in [-0.05, 0) is 46.3 Å². The number of anilines is 1. The lowest BCUT2D eigenvalue weighted by Crippen LogP contribution is -2.18. The van der Waals surface area contributed by atoms with E-state index in [1.165, 1.54) is 0 Å². The highest BCUT2D eigenvalue weighted by molar-refractivity contribution is 9.10. The third-order valence-corrected chi connectivity index (χ3v) is 4.54.